The zero-order valence-electron chi connectivity index (χ0n) is 17.8. The molecule has 0 saturated carbocycles. The molecule has 168 valence electrons. The second kappa shape index (κ2) is 10.2. The van der Waals surface area contributed by atoms with E-state index in [1.54, 1.807) is 15.9 Å². The van der Waals surface area contributed by atoms with Crippen molar-refractivity contribution < 1.29 is 17.6 Å². The van der Waals surface area contributed by atoms with Crippen LogP contribution in [0.3, 0.4) is 0 Å². The fourth-order valence-electron chi connectivity index (χ4n) is 3.99. The molecule has 0 bridgehead atoms. The minimum absolute atomic E-state index is 0.0695. The first-order valence-electron chi connectivity index (χ1n) is 10.5. The summed E-state index contributed by atoms with van der Waals surface area (Å²) in [5.74, 6) is 0. The van der Waals surface area contributed by atoms with Crippen molar-refractivity contribution in [2.45, 2.75) is 38.3 Å². The number of benzene rings is 1. The number of carbonyl (C=O) groups is 1. The van der Waals surface area contributed by atoms with Crippen molar-refractivity contribution in [3.05, 3.63) is 66.3 Å². The van der Waals surface area contributed by atoms with Gasteiger partial charge >= 0.3 is 6.03 Å². The minimum Gasteiger partial charge on any atom is -0.325 e. The number of amides is 2. The highest BCUT2D eigenvalue weighted by atomic mass is 32.2. The highest BCUT2D eigenvalue weighted by Gasteiger charge is 2.41. The van der Waals surface area contributed by atoms with E-state index in [4.69, 9.17) is 0 Å². The number of rotatable bonds is 8. The zero-order chi connectivity index (χ0) is 22.4. The molecule has 8 heteroatoms. The zero-order valence-corrected chi connectivity index (χ0v) is 18.7. The van der Waals surface area contributed by atoms with Gasteiger partial charge in [0.15, 0.2) is 0 Å². The van der Waals surface area contributed by atoms with Crippen LogP contribution in [0.1, 0.15) is 30.9 Å². The standard InChI is InChI=1S/C23H30FN3O3S/c1-3-4-5-8-18(2)20-10-6-9-19(15-20)16-22-21(25-31(29,30)17-24)11-14-27(22)23(28)26-12-7-13-26/h3-6,8-10,15,21-22,25H,1,7,11-14,16-17H2,2H3/b5-4-,18-8+/t21-,22-/m0/s1. The molecule has 2 aliphatic rings. The van der Waals surface area contributed by atoms with Crippen LogP contribution in [0, 0.1) is 0 Å². The van der Waals surface area contributed by atoms with Gasteiger partial charge in [-0.25, -0.2) is 22.3 Å². The molecule has 3 rings (SSSR count). The number of nitrogens with zero attached hydrogens (tertiary/aromatic N) is 2. The van der Waals surface area contributed by atoms with Crippen molar-refractivity contribution in [3.63, 3.8) is 0 Å². The highest BCUT2D eigenvalue weighted by molar-refractivity contribution is 7.89. The summed E-state index contributed by atoms with van der Waals surface area (Å²) in [7, 11) is -4.02. The Balaban J connectivity index is 1.83. The third kappa shape index (κ3) is 5.83. The van der Waals surface area contributed by atoms with Crippen LogP contribution in [0.25, 0.3) is 5.57 Å². The molecule has 2 amide bonds. The van der Waals surface area contributed by atoms with Crippen molar-refractivity contribution >= 4 is 21.6 Å². The van der Waals surface area contributed by atoms with E-state index in [9.17, 15) is 17.6 Å². The molecule has 31 heavy (non-hydrogen) atoms. The lowest BCUT2D eigenvalue weighted by Crippen LogP contribution is -2.54. The molecule has 2 saturated heterocycles. The Hall–Kier alpha value is -2.45. The number of nitrogens with one attached hydrogen (secondary N) is 1. The fraction of sp³-hybridized carbons (Fsp3) is 0.435. The fourth-order valence-corrected chi connectivity index (χ4v) is 4.79. The summed E-state index contributed by atoms with van der Waals surface area (Å²) in [5.41, 5.74) is 3.12. The molecule has 6 nitrogen and oxygen atoms in total. The molecule has 2 aliphatic heterocycles. The molecule has 0 spiro atoms. The predicted molar refractivity (Wildman–Crippen MR) is 122 cm³/mol. The number of alkyl halides is 1. The molecular formula is C23H30FN3O3S. The van der Waals surface area contributed by atoms with Gasteiger partial charge in [0.25, 0.3) is 0 Å². The number of carbonyl (C=O) groups excluding carboxylic acids is 1. The third-order valence-corrected chi connectivity index (χ3v) is 6.76. The Kier molecular flexibility index (Phi) is 7.67. The first kappa shape index (κ1) is 23.2. The van der Waals surface area contributed by atoms with Gasteiger partial charge < -0.3 is 9.80 Å². The van der Waals surface area contributed by atoms with Gasteiger partial charge in [-0.3, -0.25) is 0 Å². The lowest BCUT2D eigenvalue weighted by atomic mass is 9.97. The largest absolute Gasteiger partial charge is 0.325 e. The Labute approximate surface area is 184 Å². The number of hydrogen-bond donors (Lipinski definition) is 1. The number of allylic oxidation sites excluding steroid dienone is 5. The molecular weight excluding hydrogens is 417 g/mol. The van der Waals surface area contributed by atoms with E-state index in [1.807, 2.05) is 43.4 Å². The van der Waals surface area contributed by atoms with Crippen molar-refractivity contribution in [3.8, 4) is 0 Å². The third-order valence-electron chi connectivity index (χ3n) is 5.81. The van der Waals surface area contributed by atoms with Crippen LogP contribution in [-0.2, 0) is 16.4 Å². The van der Waals surface area contributed by atoms with Gasteiger partial charge in [-0.1, -0.05) is 55.1 Å². The summed E-state index contributed by atoms with van der Waals surface area (Å²) in [4.78, 5) is 16.4. The summed E-state index contributed by atoms with van der Waals surface area (Å²) in [6.07, 6.45) is 9.41. The molecule has 1 aromatic rings. The summed E-state index contributed by atoms with van der Waals surface area (Å²) < 4.78 is 39.2. The van der Waals surface area contributed by atoms with E-state index in [0.717, 1.165) is 36.2 Å². The van der Waals surface area contributed by atoms with Gasteiger partial charge in [0.1, 0.15) is 0 Å². The average Bonchev–Trinajstić information content (AvgIpc) is 3.08. The first-order valence-corrected chi connectivity index (χ1v) is 12.2. The SMILES string of the molecule is C=C/C=C\C=C(/C)c1cccc(C[C@H]2[C@@H](NS(=O)(=O)CF)CCN2C(=O)N2CCC2)c1. The quantitative estimate of drug-likeness (QED) is 0.620. The first-order chi connectivity index (χ1) is 14.8. The monoisotopic (exact) mass is 447 g/mol. The number of likely N-dealkylation sites (tertiary alicyclic amines) is 2. The molecule has 0 aromatic heterocycles. The van der Waals surface area contributed by atoms with Gasteiger partial charge in [0, 0.05) is 25.7 Å². The van der Waals surface area contributed by atoms with E-state index < -0.39 is 22.1 Å². The lowest BCUT2D eigenvalue weighted by molar-refractivity contribution is 0.120. The van der Waals surface area contributed by atoms with E-state index in [-0.39, 0.29) is 12.1 Å². The summed E-state index contributed by atoms with van der Waals surface area (Å²) >= 11 is 0. The number of halogens is 1. The molecule has 0 aliphatic carbocycles. The van der Waals surface area contributed by atoms with Gasteiger partial charge in [-0.05, 0) is 42.9 Å². The van der Waals surface area contributed by atoms with Crippen LogP contribution < -0.4 is 4.72 Å². The van der Waals surface area contributed by atoms with Gasteiger partial charge in [0.05, 0.1) is 6.04 Å². The van der Waals surface area contributed by atoms with Crippen molar-refractivity contribution in [1.82, 2.24) is 14.5 Å². The summed E-state index contributed by atoms with van der Waals surface area (Å²) in [6.45, 7) is 7.57. The maximum absolute atomic E-state index is 12.9. The second-order valence-corrected chi connectivity index (χ2v) is 9.68. The topological polar surface area (TPSA) is 69.7 Å². The van der Waals surface area contributed by atoms with Gasteiger partial charge in [-0.15, -0.1) is 0 Å². The van der Waals surface area contributed by atoms with Crippen LogP contribution in [-0.4, -0.2) is 62.0 Å². The van der Waals surface area contributed by atoms with E-state index in [1.165, 1.54) is 0 Å². The number of sulfonamides is 1. The van der Waals surface area contributed by atoms with E-state index >= 15 is 0 Å². The normalized spacial score (nSPS) is 22.1. The molecule has 2 fully saturated rings. The lowest BCUT2D eigenvalue weighted by Gasteiger charge is -2.37. The molecule has 1 aromatic carbocycles. The molecule has 0 unspecified atom stereocenters. The Morgan fingerprint density at radius 3 is 2.71 bits per heavy atom. The highest BCUT2D eigenvalue weighted by Crippen LogP contribution is 2.27. The summed E-state index contributed by atoms with van der Waals surface area (Å²) in [5, 5.41) is 0. The average molecular weight is 448 g/mol. The van der Waals surface area contributed by atoms with Gasteiger partial charge in [-0.2, -0.15) is 0 Å². The van der Waals surface area contributed by atoms with Crippen LogP contribution >= 0.6 is 0 Å². The van der Waals surface area contributed by atoms with Crippen LogP contribution in [0.15, 0.2) is 55.1 Å². The minimum atomic E-state index is -4.02. The van der Waals surface area contributed by atoms with E-state index in [0.29, 0.717) is 19.4 Å². The molecule has 2 heterocycles. The van der Waals surface area contributed by atoms with E-state index in [2.05, 4.69) is 17.4 Å². The molecule has 0 radical (unpaired) electrons. The summed E-state index contributed by atoms with van der Waals surface area (Å²) in [6, 6.07) is 5.58. The van der Waals surface area contributed by atoms with Crippen LogP contribution in [0.2, 0.25) is 0 Å². The van der Waals surface area contributed by atoms with Crippen molar-refractivity contribution in [2.24, 2.45) is 0 Å². The Bertz CT molecular complexity index is 970. The van der Waals surface area contributed by atoms with Crippen molar-refractivity contribution in [2.75, 3.05) is 25.6 Å². The maximum atomic E-state index is 12.9. The predicted octanol–water partition coefficient (Wildman–Crippen LogP) is 3.49. The van der Waals surface area contributed by atoms with Gasteiger partial charge in [0.2, 0.25) is 16.0 Å². The van der Waals surface area contributed by atoms with Crippen LogP contribution in [0.4, 0.5) is 9.18 Å². The maximum Gasteiger partial charge on any atom is 0.320 e. The molecule has 2 atom stereocenters. The Morgan fingerprint density at radius 1 is 1.29 bits per heavy atom. The number of hydrogen-bond acceptors (Lipinski definition) is 3. The second-order valence-electron chi connectivity index (χ2n) is 8.00. The van der Waals surface area contributed by atoms with Crippen molar-refractivity contribution in [1.29, 1.82) is 0 Å². The van der Waals surface area contributed by atoms with Crippen LogP contribution in [0.5, 0.6) is 0 Å². The number of urea groups is 1. The Morgan fingerprint density at radius 2 is 2.06 bits per heavy atom. The smallest absolute Gasteiger partial charge is 0.320 e. The molecule has 1 N–H and O–H groups in total.